The third-order valence-electron chi connectivity index (χ3n) is 3.92. The quantitative estimate of drug-likeness (QED) is 0.871. The number of rotatable bonds is 4. The van der Waals surface area contributed by atoms with E-state index < -0.39 is 0 Å². The van der Waals surface area contributed by atoms with Crippen LogP contribution in [0.2, 0.25) is 0 Å². The maximum absolute atomic E-state index is 12.4. The zero-order chi connectivity index (χ0) is 15.5. The normalized spacial score (nSPS) is 17.0. The number of anilines is 1. The summed E-state index contributed by atoms with van der Waals surface area (Å²) >= 11 is 0. The molecule has 1 heterocycles. The second-order valence-electron chi connectivity index (χ2n) is 5.49. The topological polar surface area (TPSA) is 46.2 Å². The van der Waals surface area contributed by atoms with Crippen LogP contribution in [0.5, 0.6) is 0 Å². The predicted molar refractivity (Wildman–Crippen MR) is 87.5 cm³/mol. The van der Waals surface area contributed by atoms with Crippen LogP contribution in [0.15, 0.2) is 60.2 Å². The van der Waals surface area contributed by atoms with E-state index in [2.05, 4.69) is 5.32 Å². The number of amides is 1. The molecule has 0 bridgehead atoms. The lowest BCUT2D eigenvalue weighted by atomic mass is 9.92. The van der Waals surface area contributed by atoms with Crippen molar-refractivity contribution in [2.45, 2.75) is 19.3 Å². The number of hydrogen-bond donors (Lipinski definition) is 1. The number of Topliss-reactive ketones (excluding diaryl/α,β-unsaturated/α-hetero) is 1. The van der Waals surface area contributed by atoms with Crippen LogP contribution < -0.4 is 5.32 Å². The van der Waals surface area contributed by atoms with E-state index in [1.54, 1.807) is 6.92 Å². The SMILES string of the molecule is C/C(=C\c1ccccc1)C(=O)CC1C(=O)Nc2ccccc21. The van der Waals surface area contributed by atoms with Gasteiger partial charge in [-0.1, -0.05) is 48.5 Å². The summed E-state index contributed by atoms with van der Waals surface area (Å²) in [5, 5.41) is 2.83. The number of para-hydroxylation sites is 1. The minimum atomic E-state index is -0.386. The van der Waals surface area contributed by atoms with E-state index in [1.807, 2.05) is 60.7 Å². The molecule has 3 nitrogen and oxygen atoms in total. The second-order valence-corrected chi connectivity index (χ2v) is 5.49. The Hall–Kier alpha value is -2.68. The van der Waals surface area contributed by atoms with Crippen LogP contribution in [0.4, 0.5) is 5.69 Å². The number of carbonyl (C=O) groups excluding carboxylic acids is 2. The van der Waals surface area contributed by atoms with Crippen LogP contribution in [-0.4, -0.2) is 11.7 Å². The van der Waals surface area contributed by atoms with Crippen molar-refractivity contribution >= 4 is 23.5 Å². The average Bonchev–Trinajstić information content (AvgIpc) is 2.84. The summed E-state index contributed by atoms with van der Waals surface area (Å²) in [5.41, 5.74) is 3.39. The highest BCUT2D eigenvalue weighted by molar-refractivity contribution is 6.08. The number of benzene rings is 2. The molecule has 3 heteroatoms. The summed E-state index contributed by atoms with van der Waals surface area (Å²) in [6.45, 7) is 1.80. The Morgan fingerprint density at radius 2 is 1.77 bits per heavy atom. The first kappa shape index (κ1) is 14.3. The van der Waals surface area contributed by atoms with E-state index in [1.165, 1.54) is 0 Å². The molecule has 1 atom stereocenters. The van der Waals surface area contributed by atoms with Crippen molar-refractivity contribution in [2.75, 3.05) is 5.32 Å². The molecule has 1 N–H and O–H groups in total. The van der Waals surface area contributed by atoms with Gasteiger partial charge >= 0.3 is 0 Å². The zero-order valence-corrected chi connectivity index (χ0v) is 12.4. The molecule has 1 amide bonds. The summed E-state index contributed by atoms with van der Waals surface area (Å²) in [5.74, 6) is -0.481. The Bertz CT molecular complexity index is 747. The highest BCUT2D eigenvalue weighted by Gasteiger charge is 2.31. The van der Waals surface area contributed by atoms with Gasteiger partial charge in [-0.25, -0.2) is 0 Å². The molecule has 0 aromatic heterocycles. The van der Waals surface area contributed by atoms with Crippen molar-refractivity contribution in [1.82, 2.24) is 0 Å². The van der Waals surface area contributed by atoms with Gasteiger partial charge in [-0.2, -0.15) is 0 Å². The summed E-state index contributed by atoms with van der Waals surface area (Å²) < 4.78 is 0. The van der Waals surface area contributed by atoms with Gasteiger partial charge in [0.05, 0.1) is 5.92 Å². The van der Waals surface area contributed by atoms with Crippen molar-refractivity contribution in [3.63, 3.8) is 0 Å². The fourth-order valence-corrected chi connectivity index (χ4v) is 2.70. The van der Waals surface area contributed by atoms with Gasteiger partial charge in [0, 0.05) is 12.1 Å². The van der Waals surface area contributed by atoms with E-state index >= 15 is 0 Å². The van der Waals surface area contributed by atoms with Crippen LogP contribution in [0.25, 0.3) is 6.08 Å². The lowest BCUT2D eigenvalue weighted by Gasteiger charge is -2.08. The summed E-state index contributed by atoms with van der Waals surface area (Å²) in [7, 11) is 0. The predicted octanol–water partition coefficient (Wildman–Crippen LogP) is 3.79. The lowest BCUT2D eigenvalue weighted by molar-refractivity contribution is -0.121. The molecule has 1 aliphatic rings. The molecule has 0 saturated carbocycles. The molecule has 0 fully saturated rings. The van der Waals surface area contributed by atoms with Gasteiger partial charge in [-0.3, -0.25) is 9.59 Å². The van der Waals surface area contributed by atoms with Crippen molar-refractivity contribution in [2.24, 2.45) is 0 Å². The number of carbonyl (C=O) groups is 2. The molecular weight excluding hydrogens is 274 g/mol. The highest BCUT2D eigenvalue weighted by Crippen LogP contribution is 2.35. The maximum Gasteiger partial charge on any atom is 0.232 e. The molecule has 0 spiro atoms. The van der Waals surface area contributed by atoms with Crippen LogP contribution in [0, 0.1) is 0 Å². The van der Waals surface area contributed by atoms with Gasteiger partial charge in [-0.05, 0) is 35.8 Å². The Kier molecular flexibility index (Phi) is 3.88. The first-order valence-corrected chi connectivity index (χ1v) is 7.31. The third-order valence-corrected chi connectivity index (χ3v) is 3.92. The number of ketones is 1. The van der Waals surface area contributed by atoms with Crippen molar-refractivity contribution in [3.8, 4) is 0 Å². The summed E-state index contributed by atoms with van der Waals surface area (Å²) in [6, 6.07) is 17.3. The van der Waals surface area contributed by atoms with Gasteiger partial charge < -0.3 is 5.32 Å². The standard InChI is InChI=1S/C19H17NO2/c1-13(11-14-7-3-2-4-8-14)18(21)12-16-15-9-5-6-10-17(15)20-19(16)22/h2-11,16H,12H2,1H3,(H,20,22)/b13-11+. The Morgan fingerprint density at radius 1 is 1.09 bits per heavy atom. The van der Waals surface area contributed by atoms with E-state index in [9.17, 15) is 9.59 Å². The first-order valence-electron chi connectivity index (χ1n) is 7.31. The number of allylic oxidation sites excluding steroid dienone is 1. The zero-order valence-electron chi connectivity index (χ0n) is 12.4. The second kappa shape index (κ2) is 5.98. The molecule has 1 unspecified atom stereocenters. The van der Waals surface area contributed by atoms with Gasteiger partial charge in [0.25, 0.3) is 0 Å². The average molecular weight is 291 g/mol. The molecule has 0 saturated heterocycles. The Balaban J connectivity index is 1.77. The Morgan fingerprint density at radius 3 is 2.55 bits per heavy atom. The molecule has 2 aromatic carbocycles. The Labute approximate surface area is 129 Å². The van der Waals surface area contributed by atoms with Gasteiger partial charge in [0.15, 0.2) is 5.78 Å². The molecule has 22 heavy (non-hydrogen) atoms. The van der Waals surface area contributed by atoms with Gasteiger partial charge in [0.1, 0.15) is 0 Å². The van der Waals surface area contributed by atoms with E-state index in [4.69, 9.17) is 0 Å². The molecule has 110 valence electrons. The van der Waals surface area contributed by atoms with Crippen LogP contribution >= 0.6 is 0 Å². The molecular formula is C19H17NO2. The van der Waals surface area contributed by atoms with Crippen molar-refractivity contribution in [3.05, 3.63) is 71.3 Å². The van der Waals surface area contributed by atoms with Crippen LogP contribution in [-0.2, 0) is 9.59 Å². The fourth-order valence-electron chi connectivity index (χ4n) is 2.70. The van der Waals surface area contributed by atoms with Gasteiger partial charge in [-0.15, -0.1) is 0 Å². The lowest BCUT2D eigenvalue weighted by Crippen LogP contribution is -2.16. The van der Waals surface area contributed by atoms with Crippen molar-refractivity contribution in [1.29, 1.82) is 0 Å². The molecule has 0 radical (unpaired) electrons. The maximum atomic E-state index is 12.4. The largest absolute Gasteiger partial charge is 0.325 e. The third kappa shape index (κ3) is 2.84. The van der Waals surface area contributed by atoms with E-state index in [-0.39, 0.29) is 24.0 Å². The van der Waals surface area contributed by atoms with Crippen molar-refractivity contribution < 1.29 is 9.59 Å². The number of nitrogens with one attached hydrogen (secondary N) is 1. The smallest absolute Gasteiger partial charge is 0.232 e. The van der Waals surface area contributed by atoms with E-state index in [0.717, 1.165) is 16.8 Å². The molecule has 1 aliphatic heterocycles. The molecule has 2 aromatic rings. The first-order chi connectivity index (χ1) is 10.6. The minimum Gasteiger partial charge on any atom is -0.325 e. The van der Waals surface area contributed by atoms with Gasteiger partial charge in [0.2, 0.25) is 5.91 Å². The highest BCUT2D eigenvalue weighted by atomic mass is 16.2. The summed E-state index contributed by atoms with van der Waals surface area (Å²) in [6.07, 6.45) is 2.07. The van der Waals surface area contributed by atoms with Crippen LogP contribution in [0.3, 0.4) is 0 Å². The van der Waals surface area contributed by atoms with E-state index in [0.29, 0.717) is 5.57 Å². The minimum absolute atomic E-state index is 0.000654. The number of hydrogen-bond acceptors (Lipinski definition) is 2. The molecule has 3 rings (SSSR count). The number of fused-ring (bicyclic) bond motifs is 1. The van der Waals surface area contributed by atoms with Crippen LogP contribution in [0.1, 0.15) is 30.4 Å². The fraction of sp³-hybridized carbons (Fsp3) is 0.158. The molecule has 0 aliphatic carbocycles. The summed E-state index contributed by atoms with van der Waals surface area (Å²) in [4.78, 5) is 24.5. The monoisotopic (exact) mass is 291 g/mol.